The van der Waals surface area contributed by atoms with Crippen molar-refractivity contribution < 1.29 is 0 Å². The summed E-state index contributed by atoms with van der Waals surface area (Å²) in [6.45, 7) is 2.18. The Hall–Kier alpha value is -0.140. The third-order valence-corrected chi connectivity index (χ3v) is 2.64. The molecule has 0 nitrogen and oxygen atoms in total. The second-order valence-electron chi connectivity index (χ2n) is 2.43. The Balaban J connectivity index is 2.83. The molecule has 0 aromatic heterocycles. The lowest BCUT2D eigenvalue weighted by molar-refractivity contribution is 0.901. The van der Waals surface area contributed by atoms with Gasteiger partial charge in [0.2, 0.25) is 0 Å². The molecule has 0 amide bonds. The van der Waals surface area contributed by atoms with Crippen molar-refractivity contribution in [1.82, 2.24) is 0 Å². The van der Waals surface area contributed by atoms with E-state index in [1.807, 2.05) is 6.07 Å². The van der Waals surface area contributed by atoms with Gasteiger partial charge < -0.3 is 0 Å². The molecule has 0 bridgehead atoms. The summed E-state index contributed by atoms with van der Waals surface area (Å²) in [6.07, 6.45) is 2.30. The number of aryl methyl sites for hydroxylation is 1. The Morgan fingerprint density at radius 3 is 2.73 bits per heavy atom. The van der Waals surface area contributed by atoms with Gasteiger partial charge in [0.15, 0.2) is 0 Å². The van der Waals surface area contributed by atoms with Crippen LogP contribution in [-0.4, -0.2) is 0 Å². The van der Waals surface area contributed by atoms with E-state index in [1.165, 1.54) is 27.9 Å². The molecule has 0 N–H and O–H groups in total. The summed E-state index contributed by atoms with van der Waals surface area (Å²) in [5, 5.41) is 0. The maximum absolute atomic E-state index is 5.68. The van der Waals surface area contributed by atoms with Crippen LogP contribution in [0.5, 0.6) is 0 Å². The summed E-state index contributed by atoms with van der Waals surface area (Å²) in [4.78, 5) is 1.19. The zero-order valence-corrected chi connectivity index (χ0v) is 8.08. The van der Waals surface area contributed by atoms with Gasteiger partial charge in [-0.15, -0.1) is 0 Å². The number of hydrogen-bond donors (Lipinski definition) is 0. The molecule has 1 rings (SSSR count). The van der Waals surface area contributed by atoms with Crippen LogP contribution in [0.1, 0.15) is 18.9 Å². The molecule has 0 aliphatic carbocycles. The van der Waals surface area contributed by atoms with Gasteiger partial charge in [-0.25, -0.2) is 0 Å². The first-order valence-corrected chi connectivity index (χ1v) is 5.39. The van der Waals surface area contributed by atoms with Gasteiger partial charge in [0.05, 0.1) is 0 Å². The highest BCUT2D eigenvalue weighted by Gasteiger charge is 1.98. The fraction of sp³-hybridized carbons (Fsp3) is 0.333. The molecule has 0 fully saturated rings. The Kier molecular flexibility index (Phi) is 3.81. The predicted molar refractivity (Wildman–Crippen MR) is 52.1 cm³/mol. The molecule has 0 saturated heterocycles. The van der Waals surface area contributed by atoms with Crippen molar-refractivity contribution in [2.24, 2.45) is 0 Å². The van der Waals surface area contributed by atoms with Crippen LogP contribution in [0.15, 0.2) is 29.2 Å². The fourth-order valence-electron chi connectivity index (χ4n) is 1.05. The molecular formula is C9H11ClS. The van der Waals surface area contributed by atoms with Gasteiger partial charge in [-0.1, -0.05) is 31.5 Å². The van der Waals surface area contributed by atoms with E-state index in [0.29, 0.717) is 0 Å². The van der Waals surface area contributed by atoms with E-state index in [-0.39, 0.29) is 0 Å². The van der Waals surface area contributed by atoms with Crippen LogP contribution in [0.2, 0.25) is 0 Å². The van der Waals surface area contributed by atoms with Gasteiger partial charge in [0.25, 0.3) is 0 Å². The highest BCUT2D eigenvalue weighted by atomic mass is 35.7. The smallest absolute Gasteiger partial charge is 0.0265 e. The van der Waals surface area contributed by atoms with Gasteiger partial charge >= 0.3 is 0 Å². The molecule has 60 valence electrons. The van der Waals surface area contributed by atoms with E-state index in [1.54, 1.807) is 0 Å². The molecule has 0 aliphatic heterocycles. The minimum atomic E-state index is 1.12. The maximum atomic E-state index is 5.68. The summed E-state index contributed by atoms with van der Waals surface area (Å²) < 4.78 is 0. The molecule has 0 aliphatic rings. The van der Waals surface area contributed by atoms with Crippen molar-refractivity contribution >= 4 is 21.7 Å². The average molecular weight is 187 g/mol. The topological polar surface area (TPSA) is 0 Å². The van der Waals surface area contributed by atoms with Gasteiger partial charge in [-0.3, -0.25) is 0 Å². The first-order valence-electron chi connectivity index (χ1n) is 3.75. The second-order valence-corrected chi connectivity index (χ2v) is 3.49. The van der Waals surface area contributed by atoms with Crippen molar-refractivity contribution in [2.45, 2.75) is 24.7 Å². The van der Waals surface area contributed by atoms with Gasteiger partial charge in [0, 0.05) is 4.90 Å². The first kappa shape index (κ1) is 8.95. The molecule has 0 saturated carbocycles. The number of rotatable bonds is 3. The molecule has 1 aromatic carbocycles. The van der Waals surface area contributed by atoms with Crippen molar-refractivity contribution in [1.29, 1.82) is 0 Å². The maximum Gasteiger partial charge on any atom is 0.0265 e. The molecule has 0 atom stereocenters. The minimum absolute atomic E-state index is 1.12. The molecule has 1 aromatic rings. The van der Waals surface area contributed by atoms with Crippen molar-refractivity contribution in [3.63, 3.8) is 0 Å². The van der Waals surface area contributed by atoms with Crippen LogP contribution >= 0.6 is 21.7 Å². The van der Waals surface area contributed by atoms with E-state index in [4.69, 9.17) is 10.7 Å². The summed E-state index contributed by atoms with van der Waals surface area (Å²) in [5.41, 5.74) is 1.36. The normalized spacial score (nSPS) is 10.0. The SMILES string of the molecule is CCCc1ccccc1SCl. The molecule has 0 heterocycles. The van der Waals surface area contributed by atoms with E-state index in [9.17, 15) is 0 Å². The zero-order chi connectivity index (χ0) is 8.10. The highest BCUT2D eigenvalue weighted by molar-refractivity contribution is 8.21. The Bertz CT molecular complexity index is 223. The van der Waals surface area contributed by atoms with Crippen LogP contribution in [0.3, 0.4) is 0 Å². The Morgan fingerprint density at radius 2 is 2.09 bits per heavy atom. The fourth-order valence-corrected chi connectivity index (χ4v) is 1.91. The minimum Gasteiger partial charge on any atom is -0.0651 e. The summed E-state index contributed by atoms with van der Waals surface area (Å²) in [6, 6.07) is 8.27. The lowest BCUT2D eigenvalue weighted by Crippen LogP contribution is -1.84. The second kappa shape index (κ2) is 4.68. The van der Waals surface area contributed by atoms with Gasteiger partial charge in [-0.05, 0) is 39.7 Å². The number of hydrogen-bond acceptors (Lipinski definition) is 1. The third kappa shape index (κ3) is 2.42. The van der Waals surface area contributed by atoms with Crippen molar-refractivity contribution in [3.05, 3.63) is 29.8 Å². The average Bonchev–Trinajstić information content (AvgIpc) is 2.06. The van der Waals surface area contributed by atoms with Gasteiger partial charge in [-0.2, -0.15) is 0 Å². The van der Waals surface area contributed by atoms with Crippen LogP contribution in [-0.2, 0) is 6.42 Å². The lowest BCUT2D eigenvalue weighted by atomic mass is 10.1. The lowest BCUT2D eigenvalue weighted by Gasteiger charge is -2.02. The van der Waals surface area contributed by atoms with Crippen LogP contribution in [0, 0.1) is 0 Å². The quantitative estimate of drug-likeness (QED) is 0.691. The molecule has 0 unspecified atom stereocenters. The molecule has 0 radical (unpaired) electrons. The predicted octanol–water partition coefficient (Wildman–Crippen LogP) is 3.89. The molecular weight excluding hydrogens is 176 g/mol. The molecule has 0 spiro atoms. The third-order valence-electron chi connectivity index (χ3n) is 1.58. The monoisotopic (exact) mass is 186 g/mol. The Labute approximate surface area is 76.5 Å². The van der Waals surface area contributed by atoms with Crippen LogP contribution in [0.25, 0.3) is 0 Å². The first-order chi connectivity index (χ1) is 5.38. The molecule has 11 heavy (non-hydrogen) atoms. The van der Waals surface area contributed by atoms with E-state index < -0.39 is 0 Å². The summed E-state index contributed by atoms with van der Waals surface area (Å²) in [5.74, 6) is 0. The van der Waals surface area contributed by atoms with Crippen molar-refractivity contribution in [3.8, 4) is 0 Å². The standard InChI is InChI=1S/C9H11ClS/c1-2-5-8-6-3-4-7-9(8)11-10/h3-4,6-7H,2,5H2,1H3. The molecule has 2 heteroatoms. The number of benzene rings is 1. The van der Waals surface area contributed by atoms with Crippen molar-refractivity contribution in [2.75, 3.05) is 0 Å². The van der Waals surface area contributed by atoms with E-state index in [2.05, 4.69) is 25.1 Å². The Morgan fingerprint density at radius 1 is 1.36 bits per heavy atom. The van der Waals surface area contributed by atoms with Crippen LogP contribution in [0.4, 0.5) is 0 Å². The highest BCUT2D eigenvalue weighted by Crippen LogP contribution is 2.26. The summed E-state index contributed by atoms with van der Waals surface area (Å²) >= 11 is 0. The summed E-state index contributed by atoms with van der Waals surface area (Å²) in [7, 11) is 6.99. The van der Waals surface area contributed by atoms with Gasteiger partial charge in [0.1, 0.15) is 0 Å². The van der Waals surface area contributed by atoms with E-state index in [0.717, 1.165) is 6.42 Å². The largest absolute Gasteiger partial charge is 0.0651 e. The van der Waals surface area contributed by atoms with Crippen LogP contribution < -0.4 is 0 Å². The van der Waals surface area contributed by atoms with E-state index >= 15 is 0 Å². The zero-order valence-electron chi connectivity index (χ0n) is 6.51. The number of halogens is 1.